The lowest BCUT2D eigenvalue weighted by atomic mass is 9.45. The van der Waals surface area contributed by atoms with Crippen LogP contribution in [0.25, 0.3) is 0 Å². The SMILES string of the molecule is CC(C)(C)c1ccc(Br)cc1.Cc1ccc2c(c1)[C@]13CCN(CC4CC4)[C@H](C2)[C@]12CC[C@@](N)(CO2)C3.Cc1ccc2c(c1)[C@]13CCN(CC4CC4)[C@H](C2)[C@]12CC[C@@](Nc1ccc(C(C)(C)C)cc1)(CO2)C3. The van der Waals surface area contributed by atoms with Crippen LogP contribution >= 0.6 is 15.9 Å². The zero-order valence-corrected chi connectivity index (χ0v) is 46.3. The van der Waals surface area contributed by atoms with Gasteiger partial charge in [-0.3, -0.25) is 9.80 Å². The molecule has 71 heavy (non-hydrogen) atoms. The van der Waals surface area contributed by atoms with Crippen LogP contribution in [0.4, 0.5) is 5.69 Å². The van der Waals surface area contributed by atoms with Crippen LogP contribution < -0.4 is 11.1 Å². The summed E-state index contributed by atoms with van der Waals surface area (Å²) in [7, 11) is 0. The molecule has 4 aromatic carbocycles. The summed E-state index contributed by atoms with van der Waals surface area (Å²) in [6, 6.07) is 33.3. The quantitative estimate of drug-likeness (QED) is 0.201. The Labute approximate surface area is 436 Å². The Hall–Kier alpha value is -3.04. The van der Waals surface area contributed by atoms with Crippen LogP contribution in [0.15, 0.2) is 89.4 Å². The Bertz CT molecular complexity index is 2620. The number of nitrogens with zero attached hydrogens (tertiary/aromatic N) is 2. The van der Waals surface area contributed by atoms with Crippen LogP contribution in [-0.2, 0) is 44.0 Å². The van der Waals surface area contributed by atoms with E-state index in [9.17, 15) is 0 Å². The molecule has 2 spiro atoms. The molecule has 10 fully saturated rings. The van der Waals surface area contributed by atoms with Gasteiger partial charge in [-0.25, -0.2) is 0 Å². The molecule has 8 bridgehead atoms. The number of likely N-dealkylation sites (tertiary alicyclic amines) is 2. The Kier molecular flexibility index (Phi) is 11.9. The average Bonchev–Trinajstić information content (AvgIpc) is 4.29. The second kappa shape index (κ2) is 17.2. The third-order valence-corrected chi connectivity index (χ3v) is 20.9. The van der Waals surface area contributed by atoms with Crippen molar-refractivity contribution in [2.45, 2.75) is 201 Å². The minimum absolute atomic E-state index is 0.0134. The number of benzene rings is 4. The highest BCUT2D eigenvalue weighted by Crippen LogP contribution is 2.66. The van der Waals surface area contributed by atoms with Gasteiger partial charge in [0.05, 0.1) is 30.0 Å². The number of nitrogens with two attached hydrogens (primary N) is 1. The number of ether oxygens (including phenoxy) is 2. The molecule has 0 radical (unpaired) electrons. The van der Waals surface area contributed by atoms with Crippen molar-refractivity contribution in [2.24, 2.45) is 17.6 Å². The number of fused-ring (bicyclic) bond motifs is 6. The van der Waals surface area contributed by atoms with Crippen LogP contribution in [0.2, 0.25) is 0 Å². The van der Waals surface area contributed by atoms with Gasteiger partial charge < -0.3 is 20.5 Å². The molecule has 6 heterocycles. The summed E-state index contributed by atoms with van der Waals surface area (Å²) in [4.78, 5) is 5.67. The molecule has 6 saturated heterocycles. The summed E-state index contributed by atoms with van der Waals surface area (Å²) in [6.07, 6.45) is 17.5. The number of nitrogens with one attached hydrogen (secondary N) is 1. The Morgan fingerprint density at radius 2 is 1.07 bits per heavy atom. The maximum absolute atomic E-state index is 7.20. The lowest BCUT2D eigenvalue weighted by Gasteiger charge is -2.72. The van der Waals surface area contributed by atoms with Gasteiger partial charge in [0.1, 0.15) is 0 Å². The predicted molar refractivity (Wildman–Crippen MR) is 295 cm³/mol. The first-order valence-electron chi connectivity index (χ1n) is 28.2. The molecule has 16 rings (SSSR count). The second-order valence-corrected chi connectivity index (χ2v) is 28.3. The van der Waals surface area contributed by atoms with Crippen LogP contribution in [0, 0.1) is 25.7 Å². The van der Waals surface area contributed by atoms with Gasteiger partial charge >= 0.3 is 0 Å². The third kappa shape index (κ3) is 8.35. The zero-order chi connectivity index (χ0) is 49.4. The Morgan fingerprint density at radius 1 is 0.592 bits per heavy atom. The van der Waals surface area contributed by atoms with E-state index in [1.165, 1.54) is 125 Å². The highest BCUT2D eigenvalue weighted by Gasteiger charge is 2.73. The fourth-order valence-corrected chi connectivity index (χ4v) is 16.5. The van der Waals surface area contributed by atoms with Crippen molar-refractivity contribution in [3.8, 4) is 0 Å². The Balaban J connectivity index is 0.000000125. The van der Waals surface area contributed by atoms with E-state index < -0.39 is 0 Å². The molecule has 3 N–H and O–H groups in total. The summed E-state index contributed by atoms with van der Waals surface area (Å²) < 4.78 is 15.1. The molecule has 6 aliphatic heterocycles. The minimum atomic E-state index is -0.108. The molecule has 7 heteroatoms. The smallest absolute Gasteiger partial charge is 0.0939 e. The van der Waals surface area contributed by atoms with E-state index in [1.807, 2.05) is 0 Å². The third-order valence-electron chi connectivity index (χ3n) is 20.4. The standard InChI is InChI=1S/C32H42N2O.C22H30N2O.C10H13Br/c1-22-5-8-24-18-28-32-14-13-30(21-35-32,33-26-11-9-25(10-12-26)29(2,3)4)20-31(32,27(24)17-22)15-16-34(28)19-23-6-7-23;1-15-2-5-17-11-19-22-7-6-20(23,14-25-22)13-21(22,18(17)10-15)8-9-24(19)12-16-3-4-16;1-10(2,3)8-4-6-9(11)7-5-8/h5,8-12,17,23,28,33H,6-7,13-16,18-21H2,1-4H3;2,5,10,16,19H,3-4,6-9,11-14,23H2,1H3;4-7H,1-3H3/t28-,30+,31-,32-;19-,20+,21-,22-;/m11./s1. The lowest BCUT2D eigenvalue weighted by Crippen LogP contribution is -2.80. The van der Waals surface area contributed by atoms with Crippen molar-refractivity contribution in [2.75, 3.05) is 44.7 Å². The van der Waals surface area contributed by atoms with Crippen molar-refractivity contribution in [3.05, 3.63) is 134 Å². The molecule has 4 saturated carbocycles. The summed E-state index contributed by atoms with van der Waals surface area (Å²) in [5.41, 5.74) is 20.6. The summed E-state index contributed by atoms with van der Waals surface area (Å²) in [5, 5.41) is 4.05. The van der Waals surface area contributed by atoms with Crippen LogP contribution in [0.5, 0.6) is 0 Å². The topological polar surface area (TPSA) is 63.0 Å². The van der Waals surface area contributed by atoms with Gasteiger partial charge in [-0.2, -0.15) is 0 Å². The molecule has 6 aliphatic carbocycles. The molecule has 4 aromatic rings. The predicted octanol–water partition coefficient (Wildman–Crippen LogP) is 13.0. The maximum Gasteiger partial charge on any atom is 0.0939 e. The number of anilines is 1. The van der Waals surface area contributed by atoms with E-state index >= 15 is 0 Å². The first-order valence-corrected chi connectivity index (χ1v) is 28.9. The summed E-state index contributed by atoms with van der Waals surface area (Å²) >= 11 is 3.41. The van der Waals surface area contributed by atoms with E-state index in [1.54, 1.807) is 22.3 Å². The number of rotatable bonds is 6. The molecule has 0 unspecified atom stereocenters. The van der Waals surface area contributed by atoms with Crippen molar-refractivity contribution < 1.29 is 9.47 Å². The molecule has 12 aliphatic rings. The minimum Gasteiger partial charge on any atom is -0.377 e. The van der Waals surface area contributed by atoms with E-state index in [-0.39, 0.29) is 43.9 Å². The lowest BCUT2D eigenvalue weighted by molar-refractivity contribution is -0.258. The van der Waals surface area contributed by atoms with Crippen LogP contribution in [0.1, 0.15) is 163 Å². The van der Waals surface area contributed by atoms with Crippen molar-refractivity contribution in [1.29, 1.82) is 0 Å². The van der Waals surface area contributed by atoms with Gasteiger partial charge in [0.2, 0.25) is 0 Å². The van der Waals surface area contributed by atoms with Gasteiger partial charge in [0.25, 0.3) is 0 Å². The fraction of sp³-hybridized carbons (Fsp3) is 0.625. The van der Waals surface area contributed by atoms with Gasteiger partial charge in [0, 0.05) is 51.7 Å². The number of halogens is 1. The highest BCUT2D eigenvalue weighted by molar-refractivity contribution is 9.10. The first-order chi connectivity index (χ1) is 33.8. The van der Waals surface area contributed by atoms with E-state index in [2.05, 4.69) is 171 Å². The van der Waals surface area contributed by atoms with Crippen molar-refractivity contribution in [3.63, 3.8) is 0 Å². The van der Waals surface area contributed by atoms with Crippen LogP contribution in [0.3, 0.4) is 0 Å². The highest BCUT2D eigenvalue weighted by atomic mass is 79.9. The molecule has 8 atom stereocenters. The first kappa shape index (κ1) is 48.9. The number of hydrogen-bond acceptors (Lipinski definition) is 6. The average molecular weight is 1020 g/mol. The van der Waals surface area contributed by atoms with E-state index in [0.717, 1.165) is 48.8 Å². The number of aryl methyl sites for hydroxylation is 2. The monoisotopic (exact) mass is 1020 g/mol. The Morgan fingerprint density at radius 3 is 1.52 bits per heavy atom. The second-order valence-electron chi connectivity index (χ2n) is 27.4. The molecule has 6 nitrogen and oxygen atoms in total. The maximum atomic E-state index is 7.20. The number of hydrogen-bond donors (Lipinski definition) is 2. The number of piperidine rings is 2. The van der Waals surface area contributed by atoms with Gasteiger partial charge in [-0.15, -0.1) is 0 Å². The van der Waals surface area contributed by atoms with E-state index in [4.69, 9.17) is 15.2 Å². The molecule has 0 aromatic heterocycles. The summed E-state index contributed by atoms with van der Waals surface area (Å²) in [5.74, 6) is 1.88. The largest absolute Gasteiger partial charge is 0.377 e. The van der Waals surface area contributed by atoms with Gasteiger partial charge in [-0.1, -0.05) is 129 Å². The van der Waals surface area contributed by atoms with Gasteiger partial charge in [0.15, 0.2) is 0 Å². The molecular formula is C64H85BrN4O2. The molecular weight excluding hydrogens is 937 g/mol. The van der Waals surface area contributed by atoms with Crippen molar-refractivity contribution >= 4 is 21.6 Å². The fourth-order valence-electron chi connectivity index (χ4n) is 16.2. The van der Waals surface area contributed by atoms with E-state index in [0.29, 0.717) is 12.1 Å². The normalized spacial score (nSPS) is 35.4. The van der Waals surface area contributed by atoms with Crippen LogP contribution in [-0.4, -0.2) is 83.6 Å². The molecule has 380 valence electrons. The molecule has 0 amide bonds. The summed E-state index contributed by atoms with van der Waals surface area (Å²) in [6.45, 7) is 24.7. The zero-order valence-electron chi connectivity index (χ0n) is 44.7. The van der Waals surface area contributed by atoms with Crippen molar-refractivity contribution in [1.82, 2.24) is 9.80 Å². The van der Waals surface area contributed by atoms with Gasteiger partial charge in [-0.05, 0) is 197 Å².